The highest BCUT2D eigenvalue weighted by atomic mass is 35.5. The fourth-order valence-corrected chi connectivity index (χ4v) is 2.45. The third-order valence-electron chi connectivity index (χ3n) is 3.43. The molecular formula is C17H17ClN2O3. The first kappa shape index (κ1) is 15.5. The van der Waals surface area contributed by atoms with Crippen molar-refractivity contribution in [3.63, 3.8) is 0 Å². The summed E-state index contributed by atoms with van der Waals surface area (Å²) in [6, 6.07) is 13.1. The number of halogens is 1. The molecule has 0 fully saturated rings. The molecule has 0 aromatic heterocycles. The largest absolute Gasteiger partial charge is 0.454 e. The average molecular weight is 333 g/mol. The molecule has 2 aromatic carbocycles. The second-order valence-corrected chi connectivity index (χ2v) is 5.59. The summed E-state index contributed by atoms with van der Waals surface area (Å²) in [5.74, 6) is 1.45. The van der Waals surface area contributed by atoms with Crippen molar-refractivity contribution in [2.45, 2.75) is 13.0 Å². The van der Waals surface area contributed by atoms with Crippen molar-refractivity contribution >= 4 is 23.2 Å². The molecule has 2 N–H and O–H groups in total. The lowest BCUT2D eigenvalue weighted by Gasteiger charge is -2.08. The van der Waals surface area contributed by atoms with Crippen molar-refractivity contribution in [1.82, 2.24) is 5.32 Å². The third-order valence-corrected chi connectivity index (χ3v) is 3.67. The highest BCUT2D eigenvalue weighted by Gasteiger charge is 2.13. The summed E-state index contributed by atoms with van der Waals surface area (Å²) >= 11 is 5.91. The van der Waals surface area contributed by atoms with Gasteiger partial charge in [0.05, 0.1) is 0 Å². The van der Waals surface area contributed by atoms with Crippen LogP contribution in [0.5, 0.6) is 11.5 Å². The number of ether oxygens (including phenoxy) is 2. The Hall–Kier alpha value is -2.40. The zero-order chi connectivity index (χ0) is 16.1. The molecule has 0 radical (unpaired) electrons. The quantitative estimate of drug-likeness (QED) is 0.853. The van der Waals surface area contributed by atoms with Crippen LogP contribution in [0, 0.1) is 0 Å². The van der Waals surface area contributed by atoms with Crippen LogP contribution in [0.25, 0.3) is 0 Å². The van der Waals surface area contributed by atoms with Gasteiger partial charge in [-0.25, -0.2) is 0 Å². The van der Waals surface area contributed by atoms with E-state index in [1.165, 1.54) is 0 Å². The number of hydrogen-bond donors (Lipinski definition) is 2. The van der Waals surface area contributed by atoms with Gasteiger partial charge < -0.3 is 20.1 Å². The smallest absolute Gasteiger partial charge is 0.231 e. The van der Waals surface area contributed by atoms with Gasteiger partial charge in [-0.05, 0) is 35.9 Å². The Morgan fingerprint density at radius 2 is 2.00 bits per heavy atom. The molecule has 5 nitrogen and oxygen atoms in total. The predicted molar refractivity (Wildman–Crippen MR) is 89.0 cm³/mol. The molecule has 3 rings (SSSR count). The molecule has 23 heavy (non-hydrogen) atoms. The van der Waals surface area contributed by atoms with E-state index in [0.29, 0.717) is 24.5 Å². The molecule has 1 amide bonds. The van der Waals surface area contributed by atoms with Crippen molar-refractivity contribution in [2.75, 3.05) is 18.7 Å². The molecule has 1 aliphatic heterocycles. The normalized spacial score (nSPS) is 12.0. The summed E-state index contributed by atoms with van der Waals surface area (Å²) < 4.78 is 10.6. The third kappa shape index (κ3) is 4.29. The zero-order valence-electron chi connectivity index (χ0n) is 12.5. The van der Waals surface area contributed by atoms with Gasteiger partial charge in [-0.2, -0.15) is 0 Å². The minimum absolute atomic E-state index is 0.0165. The lowest BCUT2D eigenvalue weighted by Crippen LogP contribution is -2.24. The molecule has 120 valence electrons. The van der Waals surface area contributed by atoms with Gasteiger partial charge in [-0.1, -0.05) is 23.7 Å². The first-order valence-corrected chi connectivity index (χ1v) is 7.73. The van der Waals surface area contributed by atoms with Gasteiger partial charge in [-0.15, -0.1) is 0 Å². The van der Waals surface area contributed by atoms with E-state index in [0.717, 1.165) is 22.7 Å². The number of anilines is 1. The molecule has 0 bridgehead atoms. The highest BCUT2D eigenvalue weighted by Crippen LogP contribution is 2.32. The Morgan fingerprint density at radius 3 is 2.87 bits per heavy atom. The molecule has 6 heteroatoms. The maximum atomic E-state index is 11.9. The average Bonchev–Trinajstić information content (AvgIpc) is 3.00. The predicted octanol–water partition coefficient (Wildman–Crippen LogP) is 3.19. The first-order chi connectivity index (χ1) is 11.2. The minimum Gasteiger partial charge on any atom is -0.454 e. The van der Waals surface area contributed by atoms with Crippen LogP contribution in [0.3, 0.4) is 0 Å². The van der Waals surface area contributed by atoms with Gasteiger partial charge >= 0.3 is 0 Å². The zero-order valence-corrected chi connectivity index (χ0v) is 13.2. The van der Waals surface area contributed by atoms with Crippen LogP contribution < -0.4 is 20.1 Å². The van der Waals surface area contributed by atoms with Crippen molar-refractivity contribution in [3.05, 3.63) is 53.1 Å². The number of nitrogens with one attached hydrogen (secondary N) is 2. The van der Waals surface area contributed by atoms with Crippen LogP contribution in [0.2, 0.25) is 5.02 Å². The lowest BCUT2D eigenvalue weighted by molar-refractivity contribution is -0.121. The van der Waals surface area contributed by atoms with E-state index in [-0.39, 0.29) is 12.7 Å². The Bertz CT molecular complexity index is 706. The van der Waals surface area contributed by atoms with E-state index in [1.807, 2.05) is 42.5 Å². The van der Waals surface area contributed by atoms with Crippen molar-refractivity contribution in [3.8, 4) is 11.5 Å². The van der Waals surface area contributed by atoms with Crippen LogP contribution in [0.15, 0.2) is 42.5 Å². The van der Waals surface area contributed by atoms with Crippen molar-refractivity contribution in [1.29, 1.82) is 0 Å². The van der Waals surface area contributed by atoms with E-state index in [1.54, 1.807) is 0 Å². The molecule has 0 saturated carbocycles. The van der Waals surface area contributed by atoms with Gasteiger partial charge in [0.1, 0.15) is 0 Å². The SMILES string of the molecule is O=C(CCNc1cccc(Cl)c1)NCc1ccc2c(c1)OCO2. The highest BCUT2D eigenvalue weighted by molar-refractivity contribution is 6.30. The summed E-state index contributed by atoms with van der Waals surface area (Å²) in [5, 5.41) is 6.72. The van der Waals surface area contributed by atoms with E-state index in [4.69, 9.17) is 21.1 Å². The number of fused-ring (bicyclic) bond motifs is 1. The van der Waals surface area contributed by atoms with E-state index in [2.05, 4.69) is 10.6 Å². The van der Waals surface area contributed by atoms with E-state index in [9.17, 15) is 4.79 Å². The van der Waals surface area contributed by atoms with Gasteiger partial charge in [-0.3, -0.25) is 4.79 Å². The molecular weight excluding hydrogens is 316 g/mol. The summed E-state index contributed by atoms with van der Waals surface area (Å²) in [6.07, 6.45) is 0.386. The second-order valence-electron chi connectivity index (χ2n) is 5.15. The number of benzene rings is 2. The van der Waals surface area contributed by atoms with Gasteiger partial charge in [0, 0.05) is 30.2 Å². The lowest BCUT2D eigenvalue weighted by atomic mass is 10.2. The van der Waals surface area contributed by atoms with Crippen LogP contribution in [0.1, 0.15) is 12.0 Å². The Labute approximate surface area is 139 Å². The number of hydrogen-bond acceptors (Lipinski definition) is 4. The summed E-state index contributed by atoms with van der Waals surface area (Å²) in [7, 11) is 0. The Balaban J connectivity index is 1.41. The van der Waals surface area contributed by atoms with Crippen molar-refractivity contribution < 1.29 is 14.3 Å². The summed E-state index contributed by atoms with van der Waals surface area (Å²) in [4.78, 5) is 11.9. The van der Waals surface area contributed by atoms with Crippen LogP contribution in [-0.4, -0.2) is 19.2 Å². The Kier molecular flexibility index (Phi) is 4.88. The molecule has 0 spiro atoms. The van der Waals surface area contributed by atoms with Crippen LogP contribution in [0.4, 0.5) is 5.69 Å². The van der Waals surface area contributed by atoms with Gasteiger partial charge in [0.2, 0.25) is 12.7 Å². The minimum atomic E-state index is -0.0165. The topological polar surface area (TPSA) is 59.6 Å². The second kappa shape index (κ2) is 7.24. The summed E-state index contributed by atoms with van der Waals surface area (Å²) in [5.41, 5.74) is 1.88. The number of carbonyl (C=O) groups is 1. The van der Waals surface area contributed by atoms with Gasteiger partial charge in [0.25, 0.3) is 0 Å². The van der Waals surface area contributed by atoms with Gasteiger partial charge in [0.15, 0.2) is 11.5 Å². The molecule has 0 unspecified atom stereocenters. The number of amides is 1. The van der Waals surface area contributed by atoms with E-state index >= 15 is 0 Å². The molecule has 0 atom stereocenters. The van der Waals surface area contributed by atoms with E-state index < -0.39 is 0 Å². The molecule has 1 heterocycles. The fourth-order valence-electron chi connectivity index (χ4n) is 2.26. The van der Waals surface area contributed by atoms with Crippen LogP contribution >= 0.6 is 11.6 Å². The maximum Gasteiger partial charge on any atom is 0.231 e. The molecule has 0 aliphatic carbocycles. The number of rotatable bonds is 6. The van der Waals surface area contributed by atoms with Crippen molar-refractivity contribution in [2.24, 2.45) is 0 Å². The fraction of sp³-hybridized carbons (Fsp3) is 0.235. The maximum absolute atomic E-state index is 11.9. The first-order valence-electron chi connectivity index (χ1n) is 7.35. The number of carbonyl (C=O) groups excluding carboxylic acids is 1. The van der Waals surface area contributed by atoms with Crippen LogP contribution in [-0.2, 0) is 11.3 Å². The summed E-state index contributed by atoms with van der Waals surface area (Å²) in [6.45, 7) is 1.26. The molecule has 1 aliphatic rings. The Morgan fingerprint density at radius 1 is 1.13 bits per heavy atom. The molecule has 2 aromatic rings. The monoisotopic (exact) mass is 332 g/mol. The molecule has 0 saturated heterocycles. The standard InChI is InChI=1S/C17H17ClN2O3/c18-13-2-1-3-14(9-13)19-7-6-17(21)20-10-12-4-5-15-16(8-12)23-11-22-15/h1-5,8-9,19H,6-7,10-11H2,(H,20,21).